The number of ether oxygens (including phenoxy) is 1. The van der Waals surface area contributed by atoms with E-state index in [2.05, 4.69) is 0 Å². The first-order valence-corrected chi connectivity index (χ1v) is 7.54. The maximum atomic E-state index is 12.3. The summed E-state index contributed by atoms with van der Waals surface area (Å²) >= 11 is 0. The van der Waals surface area contributed by atoms with Gasteiger partial charge in [0.05, 0.1) is 19.6 Å². The van der Waals surface area contributed by atoms with Crippen molar-refractivity contribution in [3.63, 3.8) is 0 Å². The molecule has 0 N–H and O–H groups in total. The standard InChI is InChI=1S/C17H21NO4/c1-3-22-17(21)14-8-9-18(11-15(14)19)16(20)10-13-6-4-12(2)5-7-13/h4-7,14H,3,8-11H2,1-2H3. The van der Waals surface area contributed by atoms with Crippen molar-refractivity contribution >= 4 is 17.7 Å². The van der Waals surface area contributed by atoms with Gasteiger partial charge in [0.25, 0.3) is 0 Å². The van der Waals surface area contributed by atoms with E-state index in [1.165, 1.54) is 4.90 Å². The Morgan fingerprint density at radius 3 is 2.55 bits per heavy atom. The van der Waals surface area contributed by atoms with Crippen LogP contribution in [0.2, 0.25) is 0 Å². The summed E-state index contributed by atoms with van der Waals surface area (Å²) in [4.78, 5) is 37.5. The van der Waals surface area contributed by atoms with E-state index in [0.717, 1.165) is 11.1 Å². The Kier molecular flexibility index (Phi) is 5.31. The third kappa shape index (κ3) is 3.93. The van der Waals surface area contributed by atoms with Crippen LogP contribution in [0, 0.1) is 12.8 Å². The molecule has 1 heterocycles. The minimum Gasteiger partial charge on any atom is -0.465 e. The molecule has 0 aromatic heterocycles. The van der Waals surface area contributed by atoms with E-state index < -0.39 is 11.9 Å². The van der Waals surface area contributed by atoms with E-state index in [9.17, 15) is 14.4 Å². The smallest absolute Gasteiger partial charge is 0.316 e. The minimum atomic E-state index is -0.719. The Labute approximate surface area is 130 Å². The second kappa shape index (κ2) is 7.20. The van der Waals surface area contributed by atoms with Gasteiger partial charge in [0.1, 0.15) is 5.92 Å². The van der Waals surface area contributed by atoms with E-state index in [1.54, 1.807) is 6.92 Å². The van der Waals surface area contributed by atoms with Crippen LogP contribution in [0.3, 0.4) is 0 Å². The number of carbonyl (C=O) groups is 3. The number of esters is 1. The summed E-state index contributed by atoms with van der Waals surface area (Å²) in [6.07, 6.45) is 0.620. The number of hydrogen-bond acceptors (Lipinski definition) is 4. The van der Waals surface area contributed by atoms with Crippen LogP contribution in [-0.2, 0) is 25.5 Å². The lowest BCUT2D eigenvalue weighted by molar-refractivity contribution is -0.155. The third-order valence-corrected chi connectivity index (χ3v) is 3.82. The topological polar surface area (TPSA) is 63.7 Å². The molecule has 1 saturated heterocycles. The first kappa shape index (κ1) is 16.2. The molecule has 0 radical (unpaired) electrons. The molecule has 1 aliphatic heterocycles. The maximum Gasteiger partial charge on any atom is 0.316 e. The lowest BCUT2D eigenvalue weighted by Gasteiger charge is -2.29. The first-order valence-electron chi connectivity index (χ1n) is 7.54. The number of piperidine rings is 1. The summed E-state index contributed by atoms with van der Waals surface area (Å²) in [6.45, 7) is 4.37. The van der Waals surface area contributed by atoms with E-state index in [1.807, 2.05) is 31.2 Å². The predicted octanol–water partition coefficient (Wildman–Crippen LogP) is 1.52. The van der Waals surface area contributed by atoms with Gasteiger partial charge < -0.3 is 9.64 Å². The van der Waals surface area contributed by atoms with Crippen LogP contribution in [0.5, 0.6) is 0 Å². The molecule has 1 aromatic carbocycles. The second-order valence-electron chi connectivity index (χ2n) is 5.54. The van der Waals surface area contributed by atoms with E-state index in [4.69, 9.17) is 4.74 Å². The van der Waals surface area contributed by atoms with Crippen LogP contribution in [0.25, 0.3) is 0 Å². The summed E-state index contributed by atoms with van der Waals surface area (Å²) in [5.41, 5.74) is 2.07. The van der Waals surface area contributed by atoms with Gasteiger partial charge in [-0.15, -0.1) is 0 Å². The van der Waals surface area contributed by atoms with Crippen molar-refractivity contribution in [1.29, 1.82) is 0 Å². The summed E-state index contributed by atoms with van der Waals surface area (Å²) < 4.78 is 4.89. The van der Waals surface area contributed by atoms with E-state index in [0.29, 0.717) is 13.0 Å². The van der Waals surface area contributed by atoms with Crippen LogP contribution in [0.1, 0.15) is 24.5 Å². The van der Waals surface area contributed by atoms with Crippen LogP contribution < -0.4 is 0 Å². The number of nitrogens with zero attached hydrogens (tertiary/aromatic N) is 1. The van der Waals surface area contributed by atoms with Crippen molar-refractivity contribution < 1.29 is 19.1 Å². The average Bonchev–Trinajstić information content (AvgIpc) is 2.49. The lowest BCUT2D eigenvalue weighted by atomic mass is 9.95. The molecule has 1 atom stereocenters. The molecule has 22 heavy (non-hydrogen) atoms. The molecule has 5 nitrogen and oxygen atoms in total. The quantitative estimate of drug-likeness (QED) is 0.625. The zero-order valence-corrected chi connectivity index (χ0v) is 13.0. The highest BCUT2D eigenvalue weighted by Crippen LogP contribution is 2.17. The number of benzene rings is 1. The minimum absolute atomic E-state index is 0.00578. The molecule has 1 unspecified atom stereocenters. The normalized spacial score (nSPS) is 18.2. The Bertz CT molecular complexity index is 565. The monoisotopic (exact) mass is 303 g/mol. The Balaban J connectivity index is 1.92. The zero-order chi connectivity index (χ0) is 16.1. The van der Waals surface area contributed by atoms with Crippen molar-refractivity contribution in [3.05, 3.63) is 35.4 Å². The van der Waals surface area contributed by atoms with Crippen molar-refractivity contribution in [2.75, 3.05) is 19.7 Å². The van der Waals surface area contributed by atoms with Crippen molar-refractivity contribution in [3.8, 4) is 0 Å². The molecule has 2 rings (SSSR count). The van der Waals surface area contributed by atoms with Crippen molar-refractivity contribution in [2.45, 2.75) is 26.7 Å². The van der Waals surface area contributed by atoms with Gasteiger partial charge >= 0.3 is 5.97 Å². The van der Waals surface area contributed by atoms with E-state index in [-0.39, 0.29) is 31.3 Å². The number of rotatable bonds is 4. The van der Waals surface area contributed by atoms with E-state index >= 15 is 0 Å². The van der Waals surface area contributed by atoms with Crippen molar-refractivity contribution in [1.82, 2.24) is 4.90 Å². The number of carbonyl (C=O) groups excluding carboxylic acids is 3. The van der Waals surface area contributed by atoms with Crippen molar-refractivity contribution in [2.24, 2.45) is 5.92 Å². The Morgan fingerprint density at radius 2 is 1.95 bits per heavy atom. The molecule has 5 heteroatoms. The van der Waals surface area contributed by atoms with Gasteiger partial charge in [0.15, 0.2) is 5.78 Å². The van der Waals surface area contributed by atoms with Crippen LogP contribution in [-0.4, -0.2) is 42.3 Å². The number of hydrogen-bond donors (Lipinski definition) is 0. The number of amides is 1. The fourth-order valence-corrected chi connectivity index (χ4v) is 2.52. The molecule has 0 spiro atoms. The highest BCUT2D eigenvalue weighted by molar-refractivity contribution is 6.02. The lowest BCUT2D eigenvalue weighted by Crippen LogP contribution is -2.47. The zero-order valence-electron chi connectivity index (χ0n) is 13.0. The maximum absolute atomic E-state index is 12.3. The molecule has 0 saturated carbocycles. The number of aryl methyl sites for hydroxylation is 1. The molecule has 118 valence electrons. The largest absolute Gasteiger partial charge is 0.465 e. The summed E-state index contributed by atoms with van der Waals surface area (Å²) in [5, 5.41) is 0. The van der Waals surface area contributed by atoms with Crippen LogP contribution in [0.15, 0.2) is 24.3 Å². The molecular weight excluding hydrogens is 282 g/mol. The number of Topliss-reactive ketones (excluding diaryl/α,β-unsaturated/α-hetero) is 1. The average molecular weight is 303 g/mol. The number of likely N-dealkylation sites (tertiary alicyclic amines) is 1. The molecule has 1 fully saturated rings. The third-order valence-electron chi connectivity index (χ3n) is 3.82. The molecule has 1 aromatic rings. The Hall–Kier alpha value is -2.17. The van der Waals surface area contributed by atoms with Gasteiger partial charge in [0.2, 0.25) is 5.91 Å². The second-order valence-corrected chi connectivity index (χ2v) is 5.54. The van der Waals surface area contributed by atoms with Gasteiger partial charge in [-0.1, -0.05) is 29.8 Å². The summed E-state index contributed by atoms with van der Waals surface area (Å²) in [7, 11) is 0. The summed E-state index contributed by atoms with van der Waals surface area (Å²) in [5.74, 6) is -1.51. The van der Waals surface area contributed by atoms with Gasteiger partial charge in [-0.05, 0) is 25.8 Å². The van der Waals surface area contributed by atoms with Gasteiger partial charge in [-0.25, -0.2) is 0 Å². The highest BCUT2D eigenvalue weighted by Gasteiger charge is 2.35. The molecule has 0 bridgehead atoms. The fraction of sp³-hybridized carbons (Fsp3) is 0.471. The fourth-order valence-electron chi connectivity index (χ4n) is 2.52. The summed E-state index contributed by atoms with van der Waals surface area (Å²) in [6, 6.07) is 7.75. The van der Waals surface area contributed by atoms with Gasteiger partial charge in [0, 0.05) is 6.54 Å². The molecular formula is C17H21NO4. The number of ketones is 1. The van der Waals surface area contributed by atoms with Crippen LogP contribution in [0.4, 0.5) is 0 Å². The molecule has 1 amide bonds. The van der Waals surface area contributed by atoms with Gasteiger partial charge in [-0.3, -0.25) is 14.4 Å². The highest BCUT2D eigenvalue weighted by atomic mass is 16.5. The predicted molar refractivity (Wildman–Crippen MR) is 81.2 cm³/mol. The first-order chi connectivity index (χ1) is 10.5. The van der Waals surface area contributed by atoms with Gasteiger partial charge in [-0.2, -0.15) is 0 Å². The molecule has 0 aliphatic carbocycles. The Morgan fingerprint density at radius 1 is 1.27 bits per heavy atom. The molecule has 1 aliphatic rings. The van der Waals surface area contributed by atoms with Crippen LogP contribution >= 0.6 is 0 Å². The SMILES string of the molecule is CCOC(=O)C1CCN(C(=O)Cc2ccc(C)cc2)CC1=O.